The highest BCUT2D eigenvalue weighted by atomic mass is 79.9. The van der Waals surface area contributed by atoms with Crippen molar-refractivity contribution in [2.24, 2.45) is 5.41 Å². The fourth-order valence-electron chi connectivity index (χ4n) is 4.66. The van der Waals surface area contributed by atoms with Crippen LogP contribution in [0.2, 0.25) is 0 Å². The quantitative estimate of drug-likeness (QED) is 0.647. The van der Waals surface area contributed by atoms with Gasteiger partial charge in [-0.15, -0.1) is 0 Å². The van der Waals surface area contributed by atoms with Crippen molar-refractivity contribution in [3.8, 4) is 5.75 Å². The molecule has 0 radical (unpaired) electrons. The molecule has 3 aliphatic carbocycles. The van der Waals surface area contributed by atoms with Crippen LogP contribution in [0, 0.1) is 5.41 Å². The molecular weight excluding hydrogens is 324 g/mol. The van der Waals surface area contributed by atoms with Crippen LogP contribution < -0.4 is 4.74 Å². The molecule has 0 heterocycles. The van der Waals surface area contributed by atoms with E-state index < -0.39 is 0 Å². The molecule has 1 spiro atoms. The van der Waals surface area contributed by atoms with E-state index in [1.165, 1.54) is 69.8 Å². The van der Waals surface area contributed by atoms with Gasteiger partial charge in [0.05, 0.1) is 0 Å². The molecule has 2 heteroatoms. The second kappa shape index (κ2) is 5.61. The van der Waals surface area contributed by atoms with Crippen molar-refractivity contribution in [3.05, 3.63) is 29.3 Å². The number of benzene rings is 1. The third-order valence-corrected chi connectivity index (χ3v) is 7.35. The lowest BCUT2D eigenvalue weighted by molar-refractivity contribution is -0.0601. The van der Waals surface area contributed by atoms with Gasteiger partial charge >= 0.3 is 0 Å². The first-order valence-electron chi connectivity index (χ1n) is 8.70. The lowest BCUT2D eigenvalue weighted by Gasteiger charge is -2.55. The van der Waals surface area contributed by atoms with E-state index in [-0.39, 0.29) is 0 Å². The van der Waals surface area contributed by atoms with Gasteiger partial charge in [-0.3, -0.25) is 0 Å². The van der Waals surface area contributed by atoms with E-state index in [1.54, 1.807) is 5.56 Å². The molecule has 1 aromatic rings. The Morgan fingerprint density at radius 3 is 2.48 bits per heavy atom. The SMILES string of the molecule is BrC1CC(Oc2ccc3c(c2)CCCC3)C12CCCCC2. The molecule has 2 fully saturated rings. The van der Waals surface area contributed by atoms with Gasteiger partial charge in [0.15, 0.2) is 0 Å². The summed E-state index contributed by atoms with van der Waals surface area (Å²) in [6.07, 6.45) is 13.7. The molecule has 0 bridgehead atoms. The zero-order valence-electron chi connectivity index (χ0n) is 12.7. The Hall–Kier alpha value is -0.500. The van der Waals surface area contributed by atoms with Crippen molar-refractivity contribution in [2.45, 2.75) is 75.1 Å². The van der Waals surface area contributed by atoms with Gasteiger partial charge in [-0.25, -0.2) is 0 Å². The third kappa shape index (κ3) is 2.44. The number of aryl methyl sites for hydroxylation is 2. The van der Waals surface area contributed by atoms with Gasteiger partial charge in [0.1, 0.15) is 11.9 Å². The van der Waals surface area contributed by atoms with Gasteiger partial charge in [-0.1, -0.05) is 41.3 Å². The monoisotopic (exact) mass is 348 g/mol. The van der Waals surface area contributed by atoms with Crippen molar-refractivity contribution in [2.75, 3.05) is 0 Å². The smallest absolute Gasteiger partial charge is 0.120 e. The molecule has 1 aromatic carbocycles. The molecule has 21 heavy (non-hydrogen) atoms. The van der Waals surface area contributed by atoms with Gasteiger partial charge in [0.2, 0.25) is 0 Å². The normalized spacial score (nSPS) is 30.5. The van der Waals surface area contributed by atoms with E-state index in [0.717, 1.165) is 5.75 Å². The van der Waals surface area contributed by atoms with E-state index in [9.17, 15) is 0 Å². The number of alkyl halides is 1. The van der Waals surface area contributed by atoms with Gasteiger partial charge < -0.3 is 4.74 Å². The van der Waals surface area contributed by atoms with Crippen molar-refractivity contribution < 1.29 is 4.74 Å². The Morgan fingerprint density at radius 1 is 0.952 bits per heavy atom. The molecule has 114 valence electrons. The summed E-state index contributed by atoms with van der Waals surface area (Å²) in [6.45, 7) is 0. The first-order chi connectivity index (χ1) is 10.3. The molecule has 0 aromatic heterocycles. The first kappa shape index (κ1) is 14.1. The highest BCUT2D eigenvalue weighted by Crippen LogP contribution is 2.56. The topological polar surface area (TPSA) is 9.23 Å². The summed E-state index contributed by atoms with van der Waals surface area (Å²) in [5.74, 6) is 1.12. The molecular formula is C19H25BrO. The van der Waals surface area contributed by atoms with E-state index in [4.69, 9.17) is 4.74 Å². The maximum absolute atomic E-state index is 6.45. The van der Waals surface area contributed by atoms with Crippen LogP contribution in [0.1, 0.15) is 62.5 Å². The fourth-order valence-corrected chi connectivity index (χ4v) is 5.75. The molecule has 1 nitrogen and oxygen atoms in total. The molecule has 0 aliphatic heterocycles. The van der Waals surface area contributed by atoms with Gasteiger partial charge in [0, 0.05) is 10.2 Å². The Bertz CT molecular complexity index is 518. The summed E-state index contributed by atoms with van der Waals surface area (Å²) in [4.78, 5) is 0.674. The second-order valence-electron chi connectivity index (χ2n) is 7.24. The standard InChI is InChI=1S/C19H25BrO/c20-17-13-18(19(17)10-4-1-5-11-19)21-16-9-8-14-6-2-3-7-15(14)12-16/h8-9,12,17-18H,1-7,10-11,13H2. The Labute approximate surface area is 136 Å². The lowest BCUT2D eigenvalue weighted by atomic mass is 9.58. The fraction of sp³-hybridized carbons (Fsp3) is 0.684. The number of hydrogen-bond acceptors (Lipinski definition) is 1. The molecule has 2 unspecified atom stereocenters. The van der Waals surface area contributed by atoms with Crippen molar-refractivity contribution in [3.63, 3.8) is 0 Å². The minimum absolute atomic E-state index is 0.425. The van der Waals surface area contributed by atoms with Crippen LogP contribution >= 0.6 is 15.9 Å². The minimum Gasteiger partial charge on any atom is -0.490 e. The van der Waals surface area contributed by atoms with Crippen LogP contribution in [0.3, 0.4) is 0 Å². The average molecular weight is 349 g/mol. The van der Waals surface area contributed by atoms with Crippen LogP contribution in [0.5, 0.6) is 5.75 Å². The predicted molar refractivity (Wildman–Crippen MR) is 90.4 cm³/mol. The van der Waals surface area contributed by atoms with E-state index in [2.05, 4.69) is 34.1 Å². The summed E-state index contributed by atoms with van der Waals surface area (Å²) in [5, 5.41) is 0. The van der Waals surface area contributed by atoms with E-state index in [1.807, 2.05) is 0 Å². The Morgan fingerprint density at radius 2 is 1.71 bits per heavy atom. The average Bonchev–Trinajstić information content (AvgIpc) is 2.55. The summed E-state index contributed by atoms with van der Waals surface area (Å²) >= 11 is 3.91. The number of fused-ring (bicyclic) bond motifs is 1. The van der Waals surface area contributed by atoms with Gasteiger partial charge in [-0.05, 0) is 68.2 Å². The molecule has 2 saturated carbocycles. The number of hydrogen-bond donors (Lipinski definition) is 0. The molecule has 0 saturated heterocycles. The van der Waals surface area contributed by atoms with Crippen LogP contribution in [0.4, 0.5) is 0 Å². The van der Waals surface area contributed by atoms with Crippen molar-refractivity contribution >= 4 is 15.9 Å². The molecule has 2 atom stereocenters. The second-order valence-corrected chi connectivity index (χ2v) is 8.35. The maximum atomic E-state index is 6.45. The summed E-state index contributed by atoms with van der Waals surface area (Å²) in [7, 11) is 0. The Balaban J connectivity index is 1.51. The third-order valence-electron chi connectivity index (χ3n) is 6.07. The van der Waals surface area contributed by atoms with Gasteiger partial charge in [0.25, 0.3) is 0 Å². The number of ether oxygens (including phenoxy) is 1. The van der Waals surface area contributed by atoms with Crippen molar-refractivity contribution in [1.82, 2.24) is 0 Å². The zero-order chi connectivity index (χ0) is 14.3. The lowest BCUT2D eigenvalue weighted by Crippen LogP contribution is -2.57. The van der Waals surface area contributed by atoms with E-state index in [0.29, 0.717) is 16.3 Å². The predicted octanol–water partition coefficient (Wildman–Crippen LogP) is 5.43. The van der Waals surface area contributed by atoms with Crippen LogP contribution in [0.15, 0.2) is 18.2 Å². The summed E-state index contributed by atoms with van der Waals surface area (Å²) < 4.78 is 6.45. The molecule has 3 aliphatic rings. The highest BCUT2D eigenvalue weighted by molar-refractivity contribution is 9.09. The molecule has 0 amide bonds. The van der Waals surface area contributed by atoms with Gasteiger partial charge in [-0.2, -0.15) is 0 Å². The highest BCUT2D eigenvalue weighted by Gasteiger charge is 2.55. The Kier molecular flexibility index (Phi) is 3.77. The largest absolute Gasteiger partial charge is 0.490 e. The molecule has 4 rings (SSSR count). The summed E-state index contributed by atoms with van der Waals surface area (Å²) in [6, 6.07) is 6.84. The van der Waals surface area contributed by atoms with Crippen LogP contribution in [0.25, 0.3) is 0 Å². The molecule has 0 N–H and O–H groups in total. The van der Waals surface area contributed by atoms with Crippen LogP contribution in [-0.4, -0.2) is 10.9 Å². The first-order valence-corrected chi connectivity index (χ1v) is 9.62. The van der Waals surface area contributed by atoms with E-state index >= 15 is 0 Å². The zero-order valence-corrected chi connectivity index (χ0v) is 14.3. The number of halogens is 1. The summed E-state index contributed by atoms with van der Waals surface area (Å²) in [5.41, 5.74) is 3.51. The maximum Gasteiger partial charge on any atom is 0.120 e. The minimum atomic E-state index is 0.425. The number of rotatable bonds is 2. The van der Waals surface area contributed by atoms with Crippen LogP contribution in [-0.2, 0) is 12.8 Å². The van der Waals surface area contributed by atoms with Crippen molar-refractivity contribution in [1.29, 1.82) is 0 Å².